The maximum atomic E-state index is 13.4. The molecule has 0 spiro atoms. The van der Waals surface area contributed by atoms with Gasteiger partial charge in [0.1, 0.15) is 0 Å². The monoisotopic (exact) mass is 399 g/mol. The van der Waals surface area contributed by atoms with Gasteiger partial charge in [0, 0.05) is 37.6 Å². The van der Waals surface area contributed by atoms with Crippen LogP contribution in [0.25, 0.3) is 5.69 Å². The van der Waals surface area contributed by atoms with Gasteiger partial charge >= 0.3 is 5.97 Å². The van der Waals surface area contributed by atoms with E-state index < -0.39 is 11.9 Å². The maximum Gasteiger partial charge on any atom is 0.308 e. The molecule has 7 nitrogen and oxygen atoms in total. The number of rotatable bonds is 10. The number of carbonyl (C=O) groups is 2. The van der Waals surface area contributed by atoms with E-state index >= 15 is 0 Å². The first-order chi connectivity index (χ1) is 14.0. The van der Waals surface area contributed by atoms with Gasteiger partial charge in [-0.2, -0.15) is 5.10 Å². The van der Waals surface area contributed by atoms with Crippen molar-refractivity contribution in [2.24, 2.45) is 5.92 Å². The molecule has 1 atom stereocenters. The standard InChI is InChI=1S/C22H29N3O4/c1-3-29-14-8-13-24(15-16(2)22(27)28)21(26)20-18-11-7-12-19(18)25(23-20)17-9-5-4-6-10-17/h4-6,9-10,16H,3,7-8,11-15H2,1-2H3,(H,27,28). The minimum absolute atomic E-state index is 0.160. The van der Waals surface area contributed by atoms with Crippen molar-refractivity contribution >= 4 is 11.9 Å². The Hall–Kier alpha value is -2.67. The molecule has 0 aliphatic heterocycles. The molecular weight excluding hydrogens is 370 g/mol. The highest BCUT2D eigenvalue weighted by molar-refractivity contribution is 5.94. The van der Waals surface area contributed by atoms with Gasteiger partial charge in [-0.3, -0.25) is 9.59 Å². The Balaban J connectivity index is 1.87. The zero-order valence-corrected chi connectivity index (χ0v) is 17.1. The Morgan fingerprint density at radius 2 is 2.03 bits per heavy atom. The summed E-state index contributed by atoms with van der Waals surface area (Å²) in [6.45, 7) is 5.32. The summed E-state index contributed by atoms with van der Waals surface area (Å²) >= 11 is 0. The van der Waals surface area contributed by atoms with Crippen LogP contribution in [-0.4, -0.2) is 58.0 Å². The van der Waals surface area contributed by atoms with Gasteiger partial charge in [0.2, 0.25) is 0 Å². The second kappa shape index (κ2) is 9.69. The molecule has 3 rings (SSSR count). The summed E-state index contributed by atoms with van der Waals surface area (Å²) in [4.78, 5) is 26.4. The molecule has 1 N–H and O–H groups in total. The Morgan fingerprint density at radius 3 is 2.72 bits per heavy atom. The number of benzene rings is 1. The molecule has 7 heteroatoms. The van der Waals surface area contributed by atoms with Crippen LogP contribution in [0.3, 0.4) is 0 Å². The van der Waals surface area contributed by atoms with E-state index in [9.17, 15) is 14.7 Å². The van der Waals surface area contributed by atoms with E-state index in [1.54, 1.807) is 11.8 Å². The van der Waals surface area contributed by atoms with Crippen LogP contribution in [0.1, 0.15) is 48.4 Å². The van der Waals surface area contributed by atoms with Crippen LogP contribution in [0.5, 0.6) is 0 Å². The number of carboxylic acids is 1. The van der Waals surface area contributed by atoms with Gasteiger partial charge in [-0.05, 0) is 44.7 Å². The Bertz CT molecular complexity index is 847. The predicted molar refractivity (Wildman–Crippen MR) is 109 cm³/mol. The number of hydrogen-bond acceptors (Lipinski definition) is 4. The van der Waals surface area contributed by atoms with Crippen molar-refractivity contribution < 1.29 is 19.4 Å². The third kappa shape index (κ3) is 4.85. The number of aliphatic carboxylic acids is 1. The summed E-state index contributed by atoms with van der Waals surface area (Å²) in [5.41, 5.74) is 3.47. The number of fused-ring (bicyclic) bond motifs is 1. The van der Waals surface area contributed by atoms with E-state index in [2.05, 4.69) is 5.10 Å². The highest BCUT2D eigenvalue weighted by Crippen LogP contribution is 2.28. The van der Waals surface area contributed by atoms with Gasteiger partial charge in [-0.25, -0.2) is 4.68 Å². The number of carboxylic acid groups (broad SMARTS) is 1. The summed E-state index contributed by atoms with van der Waals surface area (Å²) in [5, 5.41) is 14.0. The van der Waals surface area contributed by atoms with Crippen molar-refractivity contribution in [2.45, 2.75) is 39.5 Å². The summed E-state index contributed by atoms with van der Waals surface area (Å²) in [6.07, 6.45) is 3.37. The summed E-state index contributed by atoms with van der Waals surface area (Å²) in [7, 11) is 0. The molecule has 2 aromatic rings. The van der Waals surface area contributed by atoms with E-state index in [1.165, 1.54) is 0 Å². The molecule has 1 aliphatic carbocycles. The molecule has 0 fully saturated rings. The predicted octanol–water partition coefficient (Wildman–Crippen LogP) is 2.95. The molecule has 1 amide bonds. The SMILES string of the molecule is CCOCCCN(CC(C)C(=O)O)C(=O)c1nn(-c2ccccc2)c2c1CCC2. The highest BCUT2D eigenvalue weighted by atomic mass is 16.5. The number of ether oxygens (including phenoxy) is 1. The fraction of sp³-hybridized carbons (Fsp3) is 0.500. The van der Waals surface area contributed by atoms with Gasteiger partial charge in [-0.1, -0.05) is 25.1 Å². The number of hydrogen-bond donors (Lipinski definition) is 1. The minimum Gasteiger partial charge on any atom is -0.481 e. The number of aromatic nitrogens is 2. The average molecular weight is 399 g/mol. The molecule has 1 aromatic carbocycles. The smallest absolute Gasteiger partial charge is 0.308 e. The van der Waals surface area contributed by atoms with Crippen LogP contribution in [0.15, 0.2) is 30.3 Å². The number of carbonyl (C=O) groups excluding carboxylic acids is 1. The summed E-state index contributed by atoms with van der Waals surface area (Å²) < 4.78 is 7.25. The van der Waals surface area contributed by atoms with E-state index in [-0.39, 0.29) is 12.5 Å². The quantitative estimate of drug-likeness (QED) is 0.621. The first-order valence-corrected chi connectivity index (χ1v) is 10.3. The van der Waals surface area contributed by atoms with Crippen molar-refractivity contribution in [1.29, 1.82) is 0 Å². The normalized spacial score (nSPS) is 13.9. The van der Waals surface area contributed by atoms with Crippen LogP contribution in [0.2, 0.25) is 0 Å². The van der Waals surface area contributed by atoms with Crippen molar-refractivity contribution in [1.82, 2.24) is 14.7 Å². The fourth-order valence-electron chi connectivity index (χ4n) is 3.73. The fourth-order valence-corrected chi connectivity index (χ4v) is 3.73. The molecular formula is C22H29N3O4. The molecule has 1 heterocycles. The third-order valence-corrected chi connectivity index (χ3v) is 5.26. The molecule has 29 heavy (non-hydrogen) atoms. The average Bonchev–Trinajstić information content (AvgIpc) is 3.33. The van der Waals surface area contributed by atoms with Gasteiger partial charge in [0.25, 0.3) is 5.91 Å². The molecule has 1 unspecified atom stereocenters. The summed E-state index contributed by atoms with van der Waals surface area (Å²) in [5.74, 6) is -1.75. The molecule has 0 saturated carbocycles. The highest BCUT2D eigenvalue weighted by Gasteiger charge is 2.30. The first-order valence-electron chi connectivity index (χ1n) is 10.3. The van der Waals surface area contributed by atoms with Gasteiger partial charge in [-0.15, -0.1) is 0 Å². The largest absolute Gasteiger partial charge is 0.481 e. The van der Waals surface area contributed by atoms with Gasteiger partial charge < -0.3 is 14.7 Å². The molecule has 1 aromatic heterocycles. The second-order valence-electron chi connectivity index (χ2n) is 7.42. The van der Waals surface area contributed by atoms with E-state index in [0.717, 1.165) is 36.2 Å². The van der Waals surface area contributed by atoms with Crippen LogP contribution >= 0.6 is 0 Å². The Labute approximate surface area is 171 Å². The minimum atomic E-state index is -0.910. The molecule has 0 bridgehead atoms. The van der Waals surface area contributed by atoms with Crippen molar-refractivity contribution in [3.8, 4) is 5.69 Å². The van der Waals surface area contributed by atoms with Crippen LogP contribution in [0.4, 0.5) is 0 Å². The molecule has 0 saturated heterocycles. The third-order valence-electron chi connectivity index (χ3n) is 5.26. The van der Waals surface area contributed by atoms with Gasteiger partial charge in [0.05, 0.1) is 11.6 Å². The first kappa shape index (κ1) is 21.0. The lowest BCUT2D eigenvalue weighted by Gasteiger charge is -2.24. The summed E-state index contributed by atoms with van der Waals surface area (Å²) in [6, 6.07) is 9.81. The zero-order valence-electron chi connectivity index (χ0n) is 17.1. The van der Waals surface area contributed by atoms with Crippen LogP contribution < -0.4 is 0 Å². The van der Waals surface area contributed by atoms with Gasteiger partial charge in [0.15, 0.2) is 5.69 Å². The lowest BCUT2D eigenvalue weighted by molar-refractivity contribution is -0.141. The molecule has 0 radical (unpaired) electrons. The van der Waals surface area contributed by atoms with E-state index in [4.69, 9.17) is 4.74 Å². The van der Waals surface area contributed by atoms with E-state index in [0.29, 0.717) is 31.9 Å². The number of amides is 1. The van der Waals surface area contributed by atoms with Crippen molar-refractivity contribution in [2.75, 3.05) is 26.3 Å². The number of para-hydroxylation sites is 1. The Kier molecular flexibility index (Phi) is 7.04. The lowest BCUT2D eigenvalue weighted by atomic mass is 10.1. The molecule has 156 valence electrons. The molecule has 1 aliphatic rings. The topological polar surface area (TPSA) is 84.7 Å². The number of nitrogens with zero attached hydrogens (tertiary/aromatic N) is 3. The van der Waals surface area contributed by atoms with E-state index in [1.807, 2.05) is 41.9 Å². The van der Waals surface area contributed by atoms with Crippen molar-refractivity contribution in [3.05, 3.63) is 47.3 Å². The zero-order chi connectivity index (χ0) is 20.8. The Morgan fingerprint density at radius 1 is 1.28 bits per heavy atom. The van der Waals surface area contributed by atoms with Crippen LogP contribution in [0, 0.1) is 5.92 Å². The van der Waals surface area contributed by atoms with Crippen molar-refractivity contribution in [3.63, 3.8) is 0 Å². The lowest BCUT2D eigenvalue weighted by Crippen LogP contribution is -2.38. The van der Waals surface area contributed by atoms with Crippen LogP contribution in [-0.2, 0) is 22.4 Å². The maximum absolute atomic E-state index is 13.4. The second-order valence-corrected chi connectivity index (χ2v) is 7.42.